The van der Waals surface area contributed by atoms with Gasteiger partial charge in [0.15, 0.2) is 0 Å². The first-order valence-electron chi connectivity index (χ1n) is 4.77. The van der Waals surface area contributed by atoms with Crippen molar-refractivity contribution in [2.45, 2.75) is 38.6 Å². The molecule has 0 aromatic rings. The zero-order valence-electron chi connectivity index (χ0n) is 7.55. The van der Waals surface area contributed by atoms with E-state index in [-0.39, 0.29) is 0 Å². The van der Waals surface area contributed by atoms with E-state index in [9.17, 15) is 0 Å². The number of nitrogens with zero attached hydrogens (tertiary/aromatic N) is 1. The molecular formula is C9H20N2. The number of nitrogens with two attached hydrogens (primary N) is 1. The van der Waals surface area contributed by atoms with Crippen molar-refractivity contribution in [2.24, 2.45) is 5.73 Å². The molecule has 2 nitrogen and oxygen atoms in total. The lowest BCUT2D eigenvalue weighted by atomic mass is 10.2. The van der Waals surface area contributed by atoms with Gasteiger partial charge in [0.05, 0.1) is 0 Å². The van der Waals surface area contributed by atoms with Crippen molar-refractivity contribution < 1.29 is 0 Å². The first-order chi connectivity index (χ1) is 5.29. The van der Waals surface area contributed by atoms with Gasteiger partial charge >= 0.3 is 0 Å². The summed E-state index contributed by atoms with van der Waals surface area (Å²) in [4.78, 5) is 2.54. The second kappa shape index (κ2) is 4.73. The summed E-state index contributed by atoms with van der Waals surface area (Å²) in [7, 11) is 0. The minimum absolute atomic E-state index is 0.387. The second-order valence-corrected chi connectivity index (χ2v) is 3.67. The van der Waals surface area contributed by atoms with Crippen molar-refractivity contribution in [1.82, 2.24) is 4.90 Å². The number of rotatable bonds is 4. The van der Waals surface area contributed by atoms with E-state index in [1.807, 2.05) is 0 Å². The lowest BCUT2D eigenvalue weighted by molar-refractivity contribution is 0.326. The molecule has 0 spiro atoms. The first kappa shape index (κ1) is 9.01. The molecule has 1 fully saturated rings. The van der Waals surface area contributed by atoms with E-state index in [4.69, 9.17) is 5.73 Å². The summed E-state index contributed by atoms with van der Waals surface area (Å²) in [5.41, 5.74) is 5.66. The van der Waals surface area contributed by atoms with Crippen molar-refractivity contribution in [3.8, 4) is 0 Å². The van der Waals surface area contributed by atoms with E-state index in [2.05, 4.69) is 11.8 Å². The summed E-state index contributed by atoms with van der Waals surface area (Å²) in [6.07, 6.45) is 5.25. The summed E-state index contributed by atoms with van der Waals surface area (Å²) in [6, 6.07) is 0.387. The lowest BCUT2D eigenvalue weighted by Crippen LogP contribution is -2.23. The van der Waals surface area contributed by atoms with Gasteiger partial charge < -0.3 is 10.6 Å². The zero-order chi connectivity index (χ0) is 8.10. The molecule has 1 heterocycles. The second-order valence-electron chi connectivity index (χ2n) is 3.67. The van der Waals surface area contributed by atoms with Crippen LogP contribution in [0.2, 0.25) is 0 Å². The highest BCUT2D eigenvalue weighted by atomic mass is 15.1. The molecule has 1 unspecified atom stereocenters. The van der Waals surface area contributed by atoms with Crippen molar-refractivity contribution in [3.05, 3.63) is 0 Å². The molecule has 2 heteroatoms. The van der Waals surface area contributed by atoms with E-state index in [1.165, 1.54) is 45.3 Å². The Balaban J connectivity index is 1.94. The summed E-state index contributed by atoms with van der Waals surface area (Å²) in [5.74, 6) is 0. The third kappa shape index (κ3) is 3.73. The van der Waals surface area contributed by atoms with Crippen LogP contribution in [0.3, 0.4) is 0 Å². The van der Waals surface area contributed by atoms with Crippen molar-refractivity contribution >= 4 is 0 Å². The molecule has 0 saturated carbocycles. The van der Waals surface area contributed by atoms with Crippen LogP contribution in [0, 0.1) is 0 Å². The van der Waals surface area contributed by atoms with Crippen LogP contribution < -0.4 is 5.73 Å². The normalized spacial score (nSPS) is 22.4. The molecule has 1 rings (SSSR count). The lowest BCUT2D eigenvalue weighted by Gasteiger charge is -2.14. The molecule has 1 aliphatic rings. The minimum Gasteiger partial charge on any atom is -0.328 e. The van der Waals surface area contributed by atoms with Crippen LogP contribution in [0.4, 0.5) is 0 Å². The molecule has 11 heavy (non-hydrogen) atoms. The topological polar surface area (TPSA) is 29.3 Å². The largest absolute Gasteiger partial charge is 0.328 e. The van der Waals surface area contributed by atoms with Crippen LogP contribution >= 0.6 is 0 Å². The van der Waals surface area contributed by atoms with E-state index in [0.717, 1.165) is 0 Å². The molecule has 0 aromatic heterocycles. The van der Waals surface area contributed by atoms with Gasteiger partial charge in [-0.25, -0.2) is 0 Å². The number of hydrogen-bond acceptors (Lipinski definition) is 2. The van der Waals surface area contributed by atoms with Crippen LogP contribution in [0.5, 0.6) is 0 Å². The maximum atomic E-state index is 5.66. The van der Waals surface area contributed by atoms with Gasteiger partial charge in [-0.1, -0.05) is 0 Å². The highest BCUT2D eigenvalue weighted by molar-refractivity contribution is 4.66. The fraction of sp³-hybridized carbons (Fsp3) is 1.00. The fourth-order valence-electron chi connectivity index (χ4n) is 1.64. The predicted molar refractivity (Wildman–Crippen MR) is 48.6 cm³/mol. The Labute approximate surface area is 69.8 Å². The Bertz CT molecular complexity index is 95.7. The van der Waals surface area contributed by atoms with Gasteiger partial charge in [-0.2, -0.15) is 0 Å². The predicted octanol–water partition coefficient (Wildman–Crippen LogP) is 1.21. The van der Waals surface area contributed by atoms with Gasteiger partial charge in [0, 0.05) is 6.04 Å². The molecule has 0 amide bonds. The average molecular weight is 156 g/mol. The summed E-state index contributed by atoms with van der Waals surface area (Å²) < 4.78 is 0. The number of hydrogen-bond donors (Lipinski definition) is 1. The molecule has 66 valence electrons. The number of likely N-dealkylation sites (tertiary alicyclic amines) is 1. The SMILES string of the molecule is CC(N)CCCN1CCCC1. The van der Waals surface area contributed by atoms with Crippen LogP contribution in [0.15, 0.2) is 0 Å². The highest BCUT2D eigenvalue weighted by Gasteiger charge is 2.10. The summed E-state index contributed by atoms with van der Waals surface area (Å²) >= 11 is 0. The average Bonchev–Trinajstić information content (AvgIpc) is 2.39. The Kier molecular flexibility index (Phi) is 3.87. The quantitative estimate of drug-likeness (QED) is 0.663. The van der Waals surface area contributed by atoms with E-state index in [0.29, 0.717) is 6.04 Å². The first-order valence-corrected chi connectivity index (χ1v) is 4.77. The smallest absolute Gasteiger partial charge is 0.00109 e. The van der Waals surface area contributed by atoms with E-state index < -0.39 is 0 Å². The molecule has 0 aromatic carbocycles. The monoisotopic (exact) mass is 156 g/mol. The van der Waals surface area contributed by atoms with E-state index >= 15 is 0 Å². The summed E-state index contributed by atoms with van der Waals surface area (Å²) in [5, 5.41) is 0. The molecule has 0 radical (unpaired) electrons. The Morgan fingerprint density at radius 3 is 2.55 bits per heavy atom. The van der Waals surface area contributed by atoms with Crippen molar-refractivity contribution in [3.63, 3.8) is 0 Å². The third-order valence-corrected chi connectivity index (χ3v) is 2.33. The Hall–Kier alpha value is -0.0800. The molecule has 2 N–H and O–H groups in total. The molecule has 1 atom stereocenters. The fourth-order valence-corrected chi connectivity index (χ4v) is 1.64. The van der Waals surface area contributed by atoms with Crippen LogP contribution in [-0.2, 0) is 0 Å². The van der Waals surface area contributed by atoms with Gasteiger partial charge in [-0.05, 0) is 52.2 Å². The maximum absolute atomic E-state index is 5.66. The van der Waals surface area contributed by atoms with Crippen LogP contribution in [0.25, 0.3) is 0 Å². The van der Waals surface area contributed by atoms with Crippen molar-refractivity contribution in [2.75, 3.05) is 19.6 Å². The van der Waals surface area contributed by atoms with Crippen LogP contribution in [-0.4, -0.2) is 30.6 Å². The van der Waals surface area contributed by atoms with Gasteiger partial charge in [0.2, 0.25) is 0 Å². The molecule has 1 saturated heterocycles. The molecule has 0 aliphatic carbocycles. The van der Waals surface area contributed by atoms with Crippen LogP contribution in [0.1, 0.15) is 32.6 Å². The van der Waals surface area contributed by atoms with Gasteiger partial charge in [0.1, 0.15) is 0 Å². The highest BCUT2D eigenvalue weighted by Crippen LogP contribution is 2.08. The molecule has 0 bridgehead atoms. The Morgan fingerprint density at radius 2 is 2.00 bits per heavy atom. The van der Waals surface area contributed by atoms with Crippen molar-refractivity contribution in [1.29, 1.82) is 0 Å². The summed E-state index contributed by atoms with van der Waals surface area (Å²) in [6.45, 7) is 5.99. The van der Waals surface area contributed by atoms with Gasteiger partial charge in [-0.3, -0.25) is 0 Å². The third-order valence-electron chi connectivity index (χ3n) is 2.33. The molecule has 1 aliphatic heterocycles. The Morgan fingerprint density at radius 1 is 1.36 bits per heavy atom. The minimum atomic E-state index is 0.387. The molecular weight excluding hydrogens is 136 g/mol. The zero-order valence-corrected chi connectivity index (χ0v) is 7.55. The standard InChI is InChI=1S/C9H20N2/c1-9(10)5-4-8-11-6-2-3-7-11/h9H,2-8,10H2,1H3. The van der Waals surface area contributed by atoms with E-state index in [1.54, 1.807) is 0 Å². The van der Waals surface area contributed by atoms with Gasteiger partial charge in [0.25, 0.3) is 0 Å². The maximum Gasteiger partial charge on any atom is 0.00109 e. The van der Waals surface area contributed by atoms with Gasteiger partial charge in [-0.15, -0.1) is 0 Å².